The van der Waals surface area contributed by atoms with E-state index in [1.54, 1.807) is 19.9 Å². The molecule has 2 amide bonds. The van der Waals surface area contributed by atoms with E-state index in [2.05, 4.69) is 10.5 Å². The van der Waals surface area contributed by atoms with E-state index >= 15 is 0 Å². The Hall–Kier alpha value is -2.05. The van der Waals surface area contributed by atoms with Crippen molar-refractivity contribution >= 4 is 12.0 Å². The molecule has 7 heteroatoms. The zero-order valence-corrected chi connectivity index (χ0v) is 11.6. The molecule has 7 nitrogen and oxygen atoms in total. The summed E-state index contributed by atoms with van der Waals surface area (Å²) >= 11 is 0. The molecule has 0 aromatic carbocycles. The summed E-state index contributed by atoms with van der Waals surface area (Å²) in [5, 5.41) is 15.4. The Kier molecular flexibility index (Phi) is 4.52. The number of nitrogens with zero attached hydrogens (tertiary/aromatic N) is 2. The van der Waals surface area contributed by atoms with Gasteiger partial charge >= 0.3 is 12.0 Å². The van der Waals surface area contributed by atoms with Gasteiger partial charge in [-0.3, -0.25) is 0 Å². The van der Waals surface area contributed by atoms with Gasteiger partial charge < -0.3 is 19.8 Å². The molecule has 0 fully saturated rings. The molecule has 0 saturated heterocycles. The van der Waals surface area contributed by atoms with Gasteiger partial charge in [0, 0.05) is 12.6 Å². The predicted octanol–water partition coefficient (Wildman–Crippen LogP) is 1.38. The van der Waals surface area contributed by atoms with Gasteiger partial charge in [-0.15, -0.1) is 0 Å². The normalized spacial score (nSPS) is 11.2. The lowest BCUT2D eigenvalue weighted by Gasteiger charge is -2.34. The zero-order chi connectivity index (χ0) is 14.6. The van der Waals surface area contributed by atoms with Crippen molar-refractivity contribution < 1.29 is 19.2 Å². The highest BCUT2D eigenvalue weighted by molar-refractivity contribution is 5.85. The molecule has 1 rings (SSSR count). The molecule has 1 heterocycles. The van der Waals surface area contributed by atoms with Crippen molar-refractivity contribution in [3.63, 3.8) is 0 Å². The highest BCUT2D eigenvalue weighted by atomic mass is 16.5. The van der Waals surface area contributed by atoms with Crippen molar-refractivity contribution in [1.82, 2.24) is 15.4 Å². The molecule has 106 valence electrons. The molecule has 0 bridgehead atoms. The summed E-state index contributed by atoms with van der Waals surface area (Å²) in [5.41, 5.74) is -0.543. The Bertz CT molecular complexity index is 467. The van der Waals surface area contributed by atoms with Gasteiger partial charge in [0.25, 0.3) is 0 Å². The number of aromatic nitrogens is 1. The number of hydrogen-bond donors (Lipinski definition) is 2. The Morgan fingerprint density at radius 1 is 1.53 bits per heavy atom. The van der Waals surface area contributed by atoms with Crippen molar-refractivity contribution in [2.75, 3.05) is 6.54 Å². The van der Waals surface area contributed by atoms with Crippen LogP contribution in [0.5, 0.6) is 0 Å². The lowest BCUT2D eigenvalue weighted by molar-refractivity contribution is -0.147. The maximum atomic E-state index is 12.0. The smallest absolute Gasteiger partial charge is 0.329 e. The second-order valence-corrected chi connectivity index (χ2v) is 4.70. The Morgan fingerprint density at radius 3 is 2.58 bits per heavy atom. The first-order chi connectivity index (χ1) is 8.78. The highest BCUT2D eigenvalue weighted by Gasteiger charge is 2.36. The van der Waals surface area contributed by atoms with E-state index in [-0.39, 0.29) is 6.54 Å². The van der Waals surface area contributed by atoms with Gasteiger partial charge in [-0.25, -0.2) is 9.59 Å². The minimum Gasteiger partial charge on any atom is -0.480 e. The third-order valence-corrected chi connectivity index (χ3v) is 2.85. The van der Waals surface area contributed by atoms with Crippen LogP contribution in [0, 0.1) is 6.92 Å². The Morgan fingerprint density at radius 2 is 2.16 bits per heavy atom. The number of nitrogens with one attached hydrogen (secondary N) is 1. The van der Waals surface area contributed by atoms with E-state index in [0.717, 1.165) is 5.69 Å². The van der Waals surface area contributed by atoms with E-state index < -0.39 is 17.5 Å². The number of carbonyl (C=O) groups is 2. The van der Waals surface area contributed by atoms with Crippen molar-refractivity contribution in [2.24, 2.45) is 0 Å². The van der Waals surface area contributed by atoms with Gasteiger partial charge in [0.15, 0.2) is 5.76 Å². The quantitative estimate of drug-likeness (QED) is 0.841. The SMILES string of the molecule is CCN(C(=O)NCc1cc(C)no1)C(C)(C)C(=O)O. The first kappa shape index (κ1) is 15.0. The number of hydrogen-bond acceptors (Lipinski definition) is 4. The fraction of sp³-hybridized carbons (Fsp3) is 0.583. The van der Waals surface area contributed by atoms with Crippen LogP contribution in [0.15, 0.2) is 10.6 Å². The lowest BCUT2D eigenvalue weighted by Crippen LogP contribution is -2.55. The number of aryl methyl sites for hydroxylation is 1. The van der Waals surface area contributed by atoms with E-state index in [0.29, 0.717) is 12.3 Å². The van der Waals surface area contributed by atoms with Crippen molar-refractivity contribution in [1.29, 1.82) is 0 Å². The topological polar surface area (TPSA) is 95.7 Å². The molecular formula is C12H19N3O4. The van der Waals surface area contributed by atoms with Crippen LogP contribution in [-0.4, -0.2) is 39.2 Å². The van der Waals surface area contributed by atoms with Gasteiger partial charge in [0.05, 0.1) is 12.2 Å². The first-order valence-corrected chi connectivity index (χ1v) is 6.00. The standard InChI is InChI=1S/C12H19N3O4/c1-5-15(12(3,4)10(16)17)11(18)13-7-9-6-8(2)14-19-9/h6H,5,7H2,1-4H3,(H,13,18)(H,16,17). The van der Waals surface area contributed by atoms with Crippen LogP contribution in [0.2, 0.25) is 0 Å². The Balaban J connectivity index is 2.67. The summed E-state index contributed by atoms with van der Waals surface area (Å²) in [5.74, 6) is -0.532. The third-order valence-electron chi connectivity index (χ3n) is 2.85. The number of carbonyl (C=O) groups excluding carboxylic acids is 1. The van der Waals surface area contributed by atoms with Gasteiger partial charge in [0.2, 0.25) is 0 Å². The maximum Gasteiger partial charge on any atom is 0.329 e. The zero-order valence-electron chi connectivity index (χ0n) is 11.6. The maximum absolute atomic E-state index is 12.0. The molecule has 0 aliphatic heterocycles. The molecule has 1 aromatic heterocycles. The summed E-state index contributed by atoms with van der Waals surface area (Å²) in [6, 6.07) is 1.25. The number of carboxylic acids is 1. The first-order valence-electron chi connectivity index (χ1n) is 6.00. The number of carboxylic acid groups (broad SMARTS) is 1. The van der Waals surface area contributed by atoms with Crippen molar-refractivity contribution in [3.05, 3.63) is 17.5 Å². The molecule has 0 aliphatic carbocycles. The molecule has 2 N–H and O–H groups in total. The molecule has 0 saturated carbocycles. The third kappa shape index (κ3) is 3.46. The summed E-state index contributed by atoms with van der Waals surface area (Å²) in [6.07, 6.45) is 0. The molecule has 1 aromatic rings. The predicted molar refractivity (Wildman–Crippen MR) is 67.6 cm³/mol. The van der Waals surface area contributed by atoms with Crippen LogP contribution in [0.1, 0.15) is 32.2 Å². The molecule has 0 atom stereocenters. The van der Waals surface area contributed by atoms with Crippen LogP contribution < -0.4 is 5.32 Å². The number of urea groups is 1. The average molecular weight is 269 g/mol. The van der Waals surface area contributed by atoms with Gasteiger partial charge in [-0.2, -0.15) is 0 Å². The van der Waals surface area contributed by atoms with Crippen LogP contribution in [-0.2, 0) is 11.3 Å². The number of likely N-dealkylation sites (N-methyl/N-ethyl adjacent to an activating group) is 1. The fourth-order valence-electron chi connectivity index (χ4n) is 1.67. The molecule has 0 aliphatic rings. The fourth-order valence-corrected chi connectivity index (χ4v) is 1.67. The van der Waals surface area contributed by atoms with Crippen molar-refractivity contribution in [3.8, 4) is 0 Å². The van der Waals surface area contributed by atoms with Crippen molar-refractivity contribution in [2.45, 2.75) is 39.8 Å². The molecule has 19 heavy (non-hydrogen) atoms. The summed E-state index contributed by atoms with van der Waals surface area (Å²) < 4.78 is 4.96. The minimum atomic E-state index is -1.27. The second-order valence-electron chi connectivity index (χ2n) is 4.70. The van der Waals surface area contributed by atoms with Crippen LogP contribution in [0.25, 0.3) is 0 Å². The monoisotopic (exact) mass is 269 g/mol. The summed E-state index contributed by atoms with van der Waals surface area (Å²) in [7, 11) is 0. The molecule has 0 radical (unpaired) electrons. The number of aliphatic carboxylic acids is 1. The largest absolute Gasteiger partial charge is 0.480 e. The lowest BCUT2D eigenvalue weighted by atomic mass is 10.0. The van der Waals surface area contributed by atoms with E-state index in [1.165, 1.54) is 18.7 Å². The Labute approximate surface area is 111 Å². The molecular weight excluding hydrogens is 250 g/mol. The minimum absolute atomic E-state index is 0.172. The van der Waals surface area contributed by atoms with E-state index in [1.807, 2.05) is 0 Å². The van der Waals surface area contributed by atoms with Gasteiger partial charge in [-0.05, 0) is 27.7 Å². The van der Waals surface area contributed by atoms with Crippen LogP contribution in [0.3, 0.4) is 0 Å². The van der Waals surface area contributed by atoms with Gasteiger partial charge in [0.1, 0.15) is 5.54 Å². The number of rotatable bonds is 5. The molecule has 0 spiro atoms. The van der Waals surface area contributed by atoms with Gasteiger partial charge in [-0.1, -0.05) is 5.16 Å². The van der Waals surface area contributed by atoms with Crippen LogP contribution >= 0.6 is 0 Å². The van der Waals surface area contributed by atoms with E-state index in [9.17, 15) is 9.59 Å². The second kappa shape index (κ2) is 5.73. The number of amides is 2. The van der Waals surface area contributed by atoms with Crippen LogP contribution in [0.4, 0.5) is 4.79 Å². The summed E-state index contributed by atoms with van der Waals surface area (Å²) in [4.78, 5) is 24.4. The average Bonchev–Trinajstić information content (AvgIpc) is 2.73. The van der Waals surface area contributed by atoms with E-state index in [4.69, 9.17) is 9.63 Å². The highest BCUT2D eigenvalue weighted by Crippen LogP contribution is 2.14. The molecule has 0 unspecified atom stereocenters. The summed E-state index contributed by atoms with van der Waals surface area (Å²) in [6.45, 7) is 6.93.